The summed E-state index contributed by atoms with van der Waals surface area (Å²) in [6, 6.07) is 7.00. The molecule has 1 fully saturated rings. The zero-order valence-corrected chi connectivity index (χ0v) is 16.0. The molecular formula is C18H21N3O5S. The van der Waals surface area contributed by atoms with E-state index in [9.17, 15) is 18.0 Å². The molecule has 27 heavy (non-hydrogen) atoms. The summed E-state index contributed by atoms with van der Waals surface area (Å²) in [6.45, 7) is 2.68. The van der Waals surface area contributed by atoms with E-state index in [2.05, 4.69) is 0 Å². The molecule has 0 aromatic heterocycles. The van der Waals surface area contributed by atoms with Crippen LogP contribution in [0.1, 0.15) is 25.3 Å². The number of rotatable bonds is 7. The van der Waals surface area contributed by atoms with Crippen LogP contribution in [0.3, 0.4) is 0 Å². The second-order valence-electron chi connectivity index (χ2n) is 6.41. The van der Waals surface area contributed by atoms with Crippen LogP contribution in [-0.2, 0) is 24.3 Å². The molecule has 1 aromatic carbocycles. The molecule has 0 unspecified atom stereocenters. The number of nitrogens with one attached hydrogen (secondary N) is 1. The van der Waals surface area contributed by atoms with Crippen molar-refractivity contribution in [3.8, 4) is 6.07 Å². The lowest BCUT2D eigenvalue weighted by Gasteiger charge is -2.22. The average Bonchev–Trinajstić information content (AvgIpc) is 3.11. The topological polar surface area (TPSA) is 128 Å². The van der Waals surface area contributed by atoms with Gasteiger partial charge >= 0.3 is 5.97 Å². The summed E-state index contributed by atoms with van der Waals surface area (Å²) in [5.41, 5.74) is 0.779. The molecule has 0 radical (unpaired) electrons. The lowest BCUT2D eigenvalue weighted by atomic mass is 10.0. The Hall–Kier alpha value is -2.57. The Bertz CT molecular complexity index is 887. The minimum absolute atomic E-state index is 0.0906. The number of hydrogen-bond donors (Lipinski definition) is 1. The number of ether oxygens (including phenoxy) is 1. The van der Waals surface area contributed by atoms with Crippen molar-refractivity contribution in [1.29, 1.82) is 10.7 Å². The summed E-state index contributed by atoms with van der Waals surface area (Å²) in [6.07, 6.45) is 0.794. The number of nitriles is 1. The summed E-state index contributed by atoms with van der Waals surface area (Å²) in [5.74, 6) is -2.80. The zero-order chi connectivity index (χ0) is 20.2. The normalized spacial score (nSPS) is 18.5. The van der Waals surface area contributed by atoms with E-state index in [0.29, 0.717) is 12.8 Å². The molecule has 2 rings (SSSR count). The fraction of sp³-hybridized carbons (Fsp3) is 0.444. The molecule has 2 atom stereocenters. The maximum Gasteiger partial charge on any atom is 0.324 e. The predicted molar refractivity (Wildman–Crippen MR) is 96.6 cm³/mol. The number of nitrogens with zero attached hydrogens (tertiary/aromatic N) is 2. The first-order valence-electron chi connectivity index (χ1n) is 8.41. The second kappa shape index (κ2) is 8.41. The van der Waals surface area contributed by atoms with Gasteiger partial charge in [0.25, 0.3) is 0 Å². The van der Waals surface area contributed by atoms with E-state index in [1.165, 1.54) is 19.1 Å². The smallest absolute Gasteiger partial charge is 0.324 e. The molecular weight excluding hydrogens is 370 g/mol. The number of carbonyl (C=O) groups excluding carboxylic acids is 2. The first-order chi connectivity index (χ1) is 12.7. The molecule has 1 heterocycles. The third-order valence-corrected chi connectivity index (χ3v) is 6.27. The van der Waals surface area contributed by atoms with Crippen molar-refractivity contribution in [2.24, 2.45) is 5.92 Å². The first-order valence-corrected chi connectivity index (χ1v) is 9.85. The molecule has 1 N–H and O–H groups in total. The number of hydrogen-bond acceptors (Lipinski definition) is 7. The highest BCUT2D eigenvalue weighted by Crippen LogP contribution is 2.27. The summed E-state index contributed by atoms with van der Waals surface area (Å²) >= 11 is 0. The molecule has 1 aliphatic heterocycles. The van der Waals surface area contributed by atoms with E-state index in [1.54, 1.807) is 18.2 Å². The van der Waals surface area contributed by atoms with Gasteiger partial charge < -0.3 is 10.1 Å². The molecule has 0 bridgehead atoms. The fourth-order valence-electron chi connectivity index (χ4n) is 2.84. The van der Waals surface area contributed by atoms with Crippen LogP contribution in [0.2, 0.25) is 0 Å². The van der Waals surface area contributed by atoms with Crippen molar-refractivity contribution in [3.63, 3.8) is 0 Å². The Morgan fingerprint density at radius 3 is 2.56 bits per heavy atom. The van der Waals surface area contributed by atoms with E-state index in [-0.39, 0.29) is 17.2 Å². The first kappa shape index (κ1) is 20.7. The van der Waals surface area contributed by atoms with E-state index < -0.39 is 40.3 Å². The van der Waals surface area contributed by atoms with Crippen LogP contribution in [0.15, 0.2) is 29.2 Å². The van der Waals surface area contributed by atoms with Crippen LogP contribution in [0.5, 0.6) is 0 Å². The molecule has 8 nitrogen and oxygen atoms in total. The van der Waals surface area contributed by atoms with Crippen LogP contribution in [0.4, 0.5) is 0 Å². The maximum atomic E-state index is 12.8. The van der Waals surface area contributed by atoms with Gasteiger partial charge in [-0.3, -0.25) is 9.59 Å². The molecule has 0 saturated carbocycles. The van der Waals surface area contributed by atoms with Crippen molar-refractivity contribution >= 4 is 27.5 Å². The molecule has 0 aliphatic carbocycles. The van der Waals surface area contributed by atoms with Gasteiger partial charge in [-0.25, -0.2) is 8.42 Å². The summed E-state index contributed by atoms with van der Waals surface area (Å²) < 4.78 is 31.7. The predicted octanol–water partition coefficient (Wildman–Crippen LogP) is 1.44. The lowest BCUT2D eigenvalue weighted by molar-refractivity contribution is -0.151. The molecule has 1 saturated heterocycles. The minimum atomic E-state index is -3.86. The Morgan fingerprint density at radius 1 is 1.37 bits per heavy atom. The van der Waals surface area contributed by atoms with Crippen LogP contribution in [0, 0.1) is 29.6 Å². The maximum absolute atomic E-state index is 12.8. The third kappa shape index (κ3) is 4.59. The van der Waals surface area contributed by atoms with Gasteiger partial charge in [0.05, 0.1) is 11.0 Å². The number of benzene rings is 1. The zero-order valence-electron chi connectivity index (χ0n) is 15.1. The largest absolute Gasteiger partial charge is 0.456 e. The number of esters is 1. The Balaban J connectivity index is 2.10. The highest BCUT2D eigenvalue weighted by molar-refractivity contribution is 7.89. The summed E-state index contributed by atoms with van der Waals surface area (Å²) in [7, 11) is -3.86. The van der Waals surface area contributed by atoms with Gasteiger partial charge in [0.1, 0.15) is 12.0 Å². The summed E-state index contributed by atoms with van der Waals surface area (Å²) in [5, 5.41) is 16.3. The van der Waals surface area contributed by atoms with Gasteiger partial charge in [-0.1, -0.05) is 17.7 Å². The van der Waals surface area contributed by atoms with E-state index in [4.69, 9.17) is 15.4 Å². The molecule has 1 aliphatic rings. The van der Waals surface area contributed by atoms with Crippen molar-refractivity contribution in [2.75, 3.05) is 13.2 Å². The SMILES string of the molecule is CC(=N)[C@@H](C#N)C(=O)COC(=O)[C@H]1CCCN1S(=O)(=O)c1ccc(C)cc1. The fourth-order valence-corrected chi connectivity index (χ4v) is 4.49. The molecule has 0 spiro atoms. The Labute approximate surface area is 158 Å². The molecule has 1 aromatic rings. The lowest BCUT2D eigenvalue weighted by Crippen LogP contribution is -2.42. The number of aryl methyl sites for hydroxylation is 1. The minimum Gasteiger partial charge on any atom is -0.456 e. The molecule has 9 heteroatoms. The van der Waals surface area contributed by atoms with Crippen LogP contribution in [0.25, 0.3) is 0 Å². The van der Waals surface area contributed by atoms with Gasteiger partial charge in [-0.05, 0) is 38.8 Å². The van der Waals surface area contributed by atoms with Crippen LogP contribution in [-0.4, -0.2) is 49.4 Å². The monoisotopic (exact) mass is 391 g/mol. The highest BCUT2D eigenvalue weighted by Gasteiger charge is 2.40. The standard InChI is InChI=1S/C18H21N3O5S/c1-12-5-7-14(8-6-12)27(24,25)21-9-3-4-16(21)18(23)26-11-17(22)15(10-19)13(2)20/h5-8,15-16,20H,3-4,9,11H2,1-2H3/t15-,16-/m1/s1. The van der Waals surface area contributed by atoms with Crippen molar-refractivity contribution < 1.29 is 22.7 Å². The van der Waals surface area contributed by atoms with Gasteiger partial charge in [0, 0.05) is 12.3 Å². The van der Waals surface area contributed by atoms with Crippen molar-refractivity contribution in [2.45, 2.75) is 37.6 Å². The van der Waals surface area contributed by atoms with E-state index >= 15 is 0 Å². The Morgan fingerprint density at radius 2 is 2.00 bits per heavy atom. The van der Waals surface area contributed by atoms with Gasteiger partial charge in [0.2, 0.25) is 10.0 Å². The van der Waals surface area contributed by atoms with Crippen LogP contribution >= 0.6 is 0 Å². The number of ketones is 1. The number of Topliss-reactive ketones (excluding diaryl/α,β-unsaturated/α-hetero) is 1. The van der Waals surface area contributed by atoms with Gasteiger partial charge in [0.15, 0.2) is 12.4 Å². The highest BCUT2D eigenvalue weighted by atomic mass is 32.2. The van der Waals surface area contributed by atoms with Gasteiger partial charge in [-0.15, -0.1) is 0 Å². The van der Waals surface area contributed by atoms with Crippen LogP contribution < -0.4 is 0 Å². The number of carbonyl (C=O) groups is 2. The van der Waals surface area contributed by atoms with Gasteiger partial charge in [-0.2, -0.15) is 9.57 Å². The average molecular weight is 391 g/mol. The van der Waals surface area contributed by atoms with E-state index in [0.717, 1.165) is 9.87 Å². The third-order valence-electron chi connectivity index (χ3n) is 4.34. The van der Waals surface area contributed by atoms with Crippen molar-refractivity contribution in [1.82, 2.24) is 4.31 Å². The quantitative estimate of drug-likeness (QED) is 0.553. The molecule has 144 valence electrons. The van der Waals surface area contributed by atoms with E-state index in [1.807, 2.05) is 6.92 Å². The number of sulfonamides is 1. The summed E-state index contributed by atoms with van der Waals surface area (Å²) in [4.78, 5) is 24.3. The Kier molecular flexibility index (Phi) is 6.46. The van der Waals surface area contributed by atoms with Crippen molar-refractivity contribution in [3.05, 3.63) is 29.8 Å². The molecule has 0 amide bonds. The second-order valence-corrected chi connectivity index (χ2v) is 8.30.